The average molecular weight is 406 g/mol. The molecule has 2 N–H and O–H groups in total. The summed E-state index contributed by atoms with van der Waals surface area (Å²) in [5, 5.41) is 9.78. The highest BCUT2D eigenvalue weighted by Crippen LogP contribution is 2.20. The summed E-state index contributed by atoms with van der Waals surface area (Å²) in [4.78, 5) is 36.0. The number of hydrogen-bond donors (Lipinski definition) is 2. The molecule has 1 aromatic heterocycles. The molecule has 0 aliphatic rings. The number of hydrogen-bond acceptors (Lipinski definition) is 5. The fourth-order valence-corrected chi connectivity index (χ4v) is 3.02. The molecule has 3 rings (SSSR count). The van der Waals surface area contributed by atoms with Crippen molar-refractivity contribution < 1.29 is 19.1 Å². The number of benzene rings is 2. The van der Waals surface area contributed by atoms with Crippen LogP contribution in [0, 0.1) is 13.8 Å². The van der Waals surface area contributed by atoms with Crippen molar-refractivity contribution in [1.82, 2.24) is 15.1 Å². The molecule has 3 aromatic rings. The van der Waals surface area contributed by atoms with E-state index in [1.54, 1.807) is 35.9 Å². The van der Waals surface area contributed by atoms with Crippen LogP contribution in [0.25, 0.3) is 5.69 Å². The molecular weight excluding hydrogens is 384 g/mol. The first-order valence-corrected chi connectivity index (χ1v) is 9.28. The van der Waals surface area contributed by atoms with Crippen molar-refractivity contribution in [3.8, 4) is 5.69 Å². The topological polar surface area (TPSA) is 102 Å². The summed E-state index contributed by atoms with van der Waals surface area (Å²) in [6.07, 6.45) is 0. The van der Waals surface area contributed by atoms with Crippen LogP contribution in [-0.4, -0.2) is 41.2 Å². The standard InChI is InChI=1S/C22H22N4O4/c1-14-20(15(2)26(25-14)18-7-5-4-6-8-18)22(29)24-17-11-9-16(10-12-17)21(28)23-13-19(27)30-3/h4-12H,13H2,1-3H3,(H,23,28)(H,24,29). The lowest BCUT2D eigenvalue weighted by atomic mass is 10.1. The molecule has 0 saturated carbocycles. The molecule has 2 aromatic carbocycles. The number of carbonyl (C=O) groups is 3. The number of rotatable bonds is 6. The Morgan fingerprint density at radius 3 is 2.27 bits per heavy atom. The van der Waals surface area contributed by atoms with E-state index in [-0.39, 0.29) is 12.5 Å². The largest absolute Gasteiger partial charge is 0.468 e. The van der Waals surface area contributed by atoms with Crippen molar-refractivity contribution in [2.24, 2.45) is 0 Å². The van der Waals surface area contributed by atoms with Gasteiger partial charge in [-0.3, -0.25) is 14.4 Å². The molecular formula is C22H22N4O4. The first kappa shape index (κ1) is 20.8. The third kappa shape index (κ3) is 4.54. The van der Waals surface area contributed by atoms with Gasteiger partial charge in [-0.05, 0) is 50.2 Å². The first-order valence-electron chi connectivity index (χ1n) is 9.28. The summed E-state index contributed by atoms with van der Waals surface area (Å²) in [5.41, 5.74) is 3.62. The van der Waals surface area contributed by atoms with Gasteiger partial charge in [0.15, 0.2) is 0 Å². The lowest BCUT2D eigenvalue weighted by Gasteiger charge is -2.08. The van der Waals surface area contributed by atoms with E-state index in [0.717, 1.165) is 11.4 Å². The smallest absolute Gasteiger partial charge is 0.325 e. The molecule has 1 heterocycles. The number of esters is 1. The molecule has 0 bridgehead atoms. The van der Waals surface area contributed by atoms with Crippen molar-refractivity contribution in [2.45, 2.75) is 13.8 Å². The Bertz CT molecular complexity index is 1070. The Morgan fingerprint density at radius 1 is 0.967 bits per heavy atom. The van der Waals surface area contributed by atoms with Crippen molar-refractivity contribution in [3.63, 3.8) is 0 Å². The second-order valence-electron chi connectivity index (χ2n) is 6.58. The lowest BCUT2D eigenvalue weighted by molar-refractivity contribution is -0.139. The molecule has 30 heavy (non-hydrogen) atoms. The second-order valence-corrected chi connectivity index (χ2v) is 6.58. The van der Waals surface area contributed by atoms with Crippen molar-refractivity contribution in [2.75, 3.05) is 19.0 Å². The van der Waals surface area contributed by atoms with E-state index in [1.807, 2.05) is 37.3 Å². The molecule has 8 nitrogen and oxygen atoms in total. The van der Waals surface area contributed by atoms with Crippen LogP contribution in [0.1, 0.15) is 32.1 Å². The molecule has 0 fully saturated rings. The Balaban J connectivity index is 1.72. The van der Waals surface area contributed by atoms with Crippen LogP contribution in [0.2, 0.25) is 0 Å². The number of anilines is 1. The molecule has 0 aliphatic carbocycles. The van der Waals surface area contributed by atoms with Crippen LogP contribution in [0.3, 0.4) is 0 Å². The molecule has 0 saturated heterocycles. The molecule has 0 spiro atoms. The number of nitrogens with zero attached hydrogens (tertiary/aromatic N) is 2. The number of aromatic nitrogens is 2. The molecule has 0 radical (unpaired) electrons. The predicted octanol–water partition coefficient (Wildman–Crippen LogP) is 2.64. The molecule has 0 aliphatic heterocycles. The third-order valence-electron chi connectivity index (χ3n) is 4.55. The predicted molar refractivity (Wildman–Crippen MR) is 112 cm³/mol. The zero-order valence-electron chi connectivity index (χ0n) is 16.9. The number of methoxy groups -OCH3 is 1. The van der Waals surface area contributed by atoms with Gasteiger partial charge < -0.3 is 15.4 Å². The highest BCUT2D eigenvalue weighted by atomic mass is 16.5. The van der Waals surface area contributed by atoms with Crippen LogP contribution in [0.15, 0.2) is 54.6 Å². The number of amides is 2. The van der Waals surface area contributed by atoms with E-state index in [1.165, 1.54) is 7.11 Å². The lowest BCUT2D eigenvalue weighted by Crippen LogP contribution is -2.30. The average Bonchev–Trinajstić information content (AvgIpc) is 3.06. The van der Waals surface area contributed by atoms with E-state index in [0.29, 0.717) is 22.5 Å². The normalized spacial score (nSPS) is 10.4. The van der Waals surface area contributed by atoms with E-state index in [4.69, 9.17) is 0 Å². The summed E-state index contributed by atoms with van der Waals surface area (Å²) in [6, 6.07) is 16.0. The maximum Gasteiger partial charge on any atom is 0.325 e. The van der Waals surface area contributed by atoms with E-state index in [9.17, 15) is 14.4 Å². The van der Waals surface area contributed by atoms with Crippen LogP contribution in [0.4, 0.5) is 5.69 Å². The highest BCUT2D eigenvalue weighted by Gasteiger charge is 2.19. The van der Waals surface area contributed by atoms with E-state index in [2.05, 4.69) is 20.5 Å². The van der Waals surface area contributed by atoms with E-state index >= 15 is 0 Å². The Morgan fingerprint density at radius 2 is 1.63 bits per heavy atom. The Labute approximate surface area is 173 Å². The summed E-state index contributed by atoms with van der Waals surface area (Å²) in [7, 11) is 1.25. The molecule has 0 unspecified atom stereocenters. The molecule has 2 amide bonds. The minimum atomic E-state index is -0.533. The van der Waals surface area contributed by atoms with Crippen LogP contribution < -0.4 is 10.6 Å². The number of para-hydroxylation sites is 1. The van der Waals surface area contributed by atoms with Gasteiger partial charge in [0.2, 0.25) is 0 Å². The quantitative estimate of drug-likeness (QED) is 0.613. The fourth-order valence-electron chi connectivity index (χ4n) is 3.02. The van der Waals surface area contributed by atoms with Crippen molar-refractivity contribution >= 4 is 23.5 Å². The summed E-state index contributed by atoms with van der Waals surface area (Å²) < 4.78 is 6.22. The van der Waals surface area contributed by atoms with Gasteiger partial charge in [-0.1, -0.05) is 18.2 Å². The fraction of sp³-hybridized carbons (Fsp3) is 0.182. The molecule has 0 atom stereocenters. The monoisotopic (exact) mass is 406 g/mol. The van der Waals surface area contributed by atoms with Gasteiger partial charge in [0.05, 0.1) is 29.7 Å². The zero-order chi connectivity index (χ0) is 21.7. The maximum atomic E-state index is 12.8. The number of aryl methyl sites for hydroxylation is 1. The highest BCUT2D eigenvalue weighted by molar-refractivity contribution is 6.06. The molecule has 8 heteroatoms. The first-order chi connectivity index (χ1) is 14.4. The number of nitrogens with one attached hydrogen (secondary N) is 2. The second kappa shape index (κ2) is 9.04. The van der Waals surface area contributed by atoms with Crippen molar-refractivity contribution in [3.05, 3.63) is 77.1 Å². The summed E-state index contributed by atoms with van der Waals surface area (Å²) >= 11 is 0. The maximum absolute atomic E-state index is 12.8. The number of carbonyl (C=O) groups excluding carboxylic acids is 3. The van der Waals surface area contributed by atoms with Gasteiger partial charge in [0.1, 0.15) is 6.54 Å². The zero-order valence-corrected chi connectivity index (χ0v) is 16.9. The van der Waals surface area contributed by atoms with Gasteiger partial charge in [-0.25, -0.2) is 4.68 Å². The Hall–Kier alpha value is -3.94. The van der Waals surface area contributed by atoms with Gasteiger partial charge in [-0.2, -0.15) is 5.10 Å². The van der Waals surface area contributed by atoms with Crippen molar-refractivity contribution in [1.29, 1.82) is 0 Å². The minimum absolute atomic E-state index is 0.211. The van der Waals surface area contributed by atoms with E-state index < -0.39 is 11.9 Å². The van der Waals surface area contributed by atoms with Gasteiger partial charge in [-0.15, -0.1) is 0 Å². The van der Waals surface area contributed by atoms with Gasteiger partial charge >= 0.3 is 5.97 Å². The Kier molecular flexibility index (Phi) is 6.26. The SMILES string of the molecule is COC(=O)CNC(=O)c1ccc(NC(=O)c2c(C)nn(-c3ccccc3)c2C)cc1. The number of ether oxygens (including phenoxy) is 1. The summed E-state index contributed by atoms with van der Waals surface area (Å²) in [5.74, 6) is -1.22. The third-order valence-corrected chi connectivity index (χ3v) is 4.55. The van der Waals surface area contributed by atoms with Gasteiger partial charge in [0, 0.05) is 11.3 Å². The van der Waals surface area contributed by atoms with Crippen LogP contribution in [-0.2, 0) is 9.53 Å². The minimum Gasteiger partial charge on any atom is -0.468 e. The molecule has 154 valence electrons. The summed E-state index contributed by atoms with van der Waals surface area (Å²) in [6.45, 7) is 3.42. The van der Waals surface area contributed by atoms with Crippen LogP contribution >= 0.6 is 0 Å². The van der Waals surface area contributed by atoms with Crippen LogP contribution in [0.5, 0.6) is 0 Å². The van der Waals surface area contributed by atoms with Gasteiger partial charge in [0.25, 0.3) is 11.8 Å².